The zero-order valence-electron chi connectivity index (χ0n) is 12.8. The molecule has 2 aliphatic carbocycles. The van der Waals surface area contributed by atoms with Crippen LogP contribution in [0.4, 0.5) is 0 Å². The van der Waals surface area contributed by atoms with E-state index < -0.39 is 0 Å². The van der Waals surface area contributed by atoms with Gasteiger partial charge in [-0.1, -0.05) is 20.8 Å². The van der Waals surface area contributed by atoms with Gasteiger partial charge in [-0.3, -0.25) is 4.90 Å². The lowest BCUT2D eigenvalue weighted by Crippen LogP contribution is -2.55. The molecule has 0 aromatic carbocycles. The smallest absolute Gasteiger partial charge is 0.0334 e. The first-order valence-corrected chi connectivity index (χ1v) is 7.82. The molecule has 0 aromatic rings. The highest BCUT2D eigenvalue weighted by Gasteiger charge is 2.43. The van der Waals surface area contributed by atoms with Crippen LogP contribution in [0.5, 0.6) is 0 Å². The van der Waals surface area contributed by atoms with E-state index in [1.54, 1.807) is 0 Å². The summed E-state index contributed by atoms with van der Waals surface area (Å²) in [5.41, 5.74) is 7.03. The molecule has 2 unspecified atom stereocenters. The predicted octanol–water partition coefficient (Wildman–Crippen LogP) is 3.40. The van der Waals surface area contributed by atoms with Gasteiger partial charge in [0.25, 0.3) is 0 Å². The molecule has 0 spiro atoms. The quantitative estimate of drug-likeness (QED) is 0.834. The summed E-state index contributed by atoms with van der Waals surface area (Å²) in [5.74, 6) is 0.857. The second kappa shape index (κ2) is 5.13. The van der Waals surface area contributed by atoms with Gasteiger partial charge in [0.05, 0.1) is 0 Å². The summed E-state index contributed by atoms with van der Waals surface area (Å²) >= 11 is 0. The predicted molar refractivity (Wildman–Crippen MR) is 78.6 cm³/mol. The van der Waals surface area contributed by atoms with Crippen molar-refractivity contribution in [3.05, 3.63) is 0 Å². The Morgan fingerprint density at radius 2 is 1.72 bits per heavy atom. The first-order valence-electron chi connectivity index (χ1n) is 7.82. The molecular weight excluding hydrogens is 220 g/mol. The average Bonchev–Trinajstić information content (AvgIpc) is 2.71. The fourth-order valence-corrected chi connectivity index (χ4v) is 4.18. The Hall–Kier alpha value is -0.0800. The highest BCUT2D eigenvalue weighted by Crippen LogP contribution is 2.43. The third kappa shape index (κ3) is 2.75. The Labute approximate surface area is 113 Å². The maximum atomic E-state index is 6.15. The van der Waals surface area contributed by atoms with Gasteiger partial charge in [0.15, 0.2) is 0 Å². The number of nitrogens with two attached hydrogens (primary N) is 1. The standard InChI is InChI=1S/C16H32N2/c1-13-5-10-16(11-13,12-17)18(4)14-6-8-15(2,3)9-7-14/h13-14H,5-12,17H2,1-4H3. The molecule has 18 heavy (non-hydrogen) atoms. The average molecular weight is 252 g/mol. The second-order valence-electron chi connectivity index (χ2n) is 7.78. The van der Waals surface area contributed by atoms with Crippen LogP contribution in [-0.4, -0.2) is 30.1 Å². The zero-order valence-corrected chi connectivity index (χ0v) is 12.8. The summed E-state index contributed by atoms with van der Waals surface area (Å²) in [6, 6.07) is 0.770. The molecule has 2 N–H and O–H groups in total. The van der Waals surface area contributed by atoms with Crippen LogP contribution in [0.25, 0.3) is 0 Å². The van der Waals surface area contributed by atoms with Gasteiger partial charge in [0, 0.05) is 18.1 Å². The molecule has 2 atom stereocenters. The van der Waals surface area contributed by atoms with Crippen molar-refractivity contribution in [2.45, 2.75) is 77.3 Å². The molecule has 2 saturated carbocycles. The van der Waals surface area contributed by atoms with E-state index in [0.29, 0.717) is 11.0 Å². The SMILES string of the molecule is CC1CCC(CN)(N(C)C2CCC(C)(C)CC2)C1. The third-order valence-corrected chi connectivity index (χ3v) is 5.82. The molecule has 2 heteroatoms. The molecule has 0 aliphatic heterocycles. The van der Waals surface area contributed by atoms with Crippen LogP contribution in [-0.2, 0) is 0 Å². The van der Waals surface area contributed by atoms with Crippen LogP contribution in [0.2, 0.25) is 0 Å². The van der Waals surface area contributed by atoms with Crippen LogP contribution in [0.15, 0.2) is 0 Å². The van der Waals surface area contributed by atoms with Crippen LogP contribution < -0.4 is 5.73 Å². The molecule has 0 aromatic heterocycles. The molecule has 2 aliphatic rings. The summed E-state index contributed by atoms with van der Waals surface area (Å²) in [7, 11) is 2.34. The Kier molecular flexibility index (Phi) is 4.08. The van der Waals surface area contributed by atoms with Gasteiger partial charge in [0.1, 0.15) is 0 Å². The lowest BCUT2D eigenvalue weighted by molar-refractivity contribution is 0.0377. The largest absolute Gasteiger partial charge is 0.329 e. The van der Waals surface area contributed by atoms with E-state index in [9.17, 15) is 0 Å². The molecular formula is C16H32N2. The lowest BCUT2D eigenvalue weighted by atomic mass is 9.74. The third-order valence-electron chi connectivity index (χ3n) is 5.82. The minimum Gasteiger partial charge on any atom is -0.329 e. The van der Waals surface area contributed by atoms with Gasteiger partial charge in [-0.2, -0.15) is 0 Å². The Balaban J connectivity index is 2.00. The number of hydrogen-bond acceptors (Lipinski definition) is 2. The summed E-state index contributed by atoms with van der Waals surface area (Å²) in [6.45, 7) is 8.06. The summed E-state index contributed by atoms with van der Waals surface area (Å²) in [6.07, 6.45) is 9.44. The van der Waals surface area contributed by atoms with Crippen molar-refractivity contribution in [3.8, 4) is 0 Å². The Morgan fingerprint density at radius 1 is 1.11 bits per heavy atom. The van der Waals surface area contributed by atoms with Crippen molar-refractivity contribution in [3.63, 3.8) is 0 Å². The van der Waals surface area contributed by atoms with E-state index in [4.69, 9.17) is 5.73 Å². The number of rotatable bonds is 3. The topological polar surface area (TPSA) is 29.3 Å². The second-order valence-corrected chi connectivity index (χ2v) is 7.78. The van der Waals surface area contributed by atoms with Crippen molar-refractivity contribution >= 4 is 0 Å². The van der Waals surface area contributed by atoms with E-state index >= 15 is 0 Å². The fraction of sp³-hybridized carbons (Fsp3) is 1.00. The molecule has 0 radical (unpaired) electrons. The van der Waals surface area contributed by atoms with Crippen molar-refractivity contribution < 1.29 is 0 Å². The van der Waals surface area contributed by atoms with E-state index in [1.807, 2.05) is 0 Å². The van der Waals surface area contributed by atoms with E-state index in [2.05, 4.69) is 32.7 Å². The van der Waals surface area contributed by atoms with Crippen molar-refractivity contribution in [1.29, 1.82) is 0 Å². The highest BCUT2D eigenvalue weighted by molar-refractivity contribution is 5.00. The zero-order chi connectivity index (χ0) is 13.4. The minimum atomic E-state index is 0.311. The monoisotopic (exact) mass is 252 g/mol. The lowest BCUT2D eigenvalue weighted by Gasteiger charge is -2.47. The van der Waals surface area contributed by atoms with Crippen molar-refractivity contribution in [2.24, 2.45) is 17.1 Å². The normalized spacial score (nSPS) is 37.3. The van der Waals surface area contributed by atoms with E-state index in [1.165, 1.54) is 44.9 Å². The molecule has 2 nitrogen and oxygen atoms in total. The van der Waals surface area contributed by atoms with Crippen LogP contribution >= 0.6 is 0 Å². The number of nitrogens with zero attached hydrogens (tertiary/aromatic N) is 1. The van der Waals surface area contributed by atoms with Crippen molar-refractivity contribution in [1.82, 2.24) is 4.90 Å². The Morgan fingerprint density at radius 3 is 2.17 bits per heavy atom. The summed E-state index contributed by atoms with van der Waals surface area (Å²) in [4.78, 5) is 2.67. The molecule has 2 fully saturated rings. The van der Waals surface area contributed by atoms with Gasteiger partial charge in [0.2, 0.25) is 0 Å². The highest BCUT2D eigenvalue weighted by atomic mass is 15.2. The van der Waals surface area contributed by atoms with Gasteiger partial charge in [-0.05, 0) is 63.3 Å². The molecule has 106 valence electrons. The number of hydrogen-bond donors (Lipinski definition) is 1. The van der Waals surface area contributed by atoms with E-state index in [-0.39, 0.29) is 0 Å². The molecule has 0 bridgehead atoms. The first-order chi connectivity index (χ1) is 8.38. The molecule has 0 heterocycles. The van der Waals surface area contributed by atoms with Crippen LogP contribution in [0, 0.1) is 11.3 Å². The number of likely N-dealkylation sites (N-methyl/N-ethyl adjacent to an activating group) is 1. The van der Waals surface area contributed by atoms with Gasteiger partial charge in [-0.15, -0.1) is 0 Å². The summed E-state index contributed by atoms with van der Waals surface area (Å²) in [5, 5.41) is 0. The van der Waals surface area contributed by atoms with Gasteiger partial charge >= 0.3 is 0 Å². The molecule has 2 rings (SSSR count). The maximum Gasteiger partial charge on any atom is 0.0334 e. The van der Waals surface area contributed by atoms with Gasteiger partial charge in [-0.25, -0.2) is 0 Å². The molecule has 0 saturated heterocycles. The maximum absolute atomic E-state index is 6.15. The summed E-state index contributed by atoms with van der Waals surface area (Å²) < 4.78 is 0. The van der Waals surface area contributed by atoms with E-state index in [0.717, 1.165) is 18.5 Å². The van der Waals surface area contributed by atoms with Crippen LogP contribution in [0.1, 0.15) is 65.7 Å². The van der Waals surface area contributed by atoms with Gasteiger partial charge < -0.3 is 5.73 Å². The van der Waals surface area contributed by atoms with Crippen molar-refractivity contribution in [2.75, 3.05) is 13.6 Å². The first kappa shape index (κ1) is 14.3. The minimum absolute atomic E-state index is 0.311. The van der Waals surface area contributed by atoms with Crippen LogP contribution in [0.3, 0.4) is 0 Å². The Bertz CT molecular complexity index is 277. The molecule has 0 amide bonds. The fourth-order valence-electron chi connectivity index (χ4n) is 4.18.